The van der Waals surface area contributed by atoms with Gasteiger partial charge in [-0.2, -0.15) is 0 Å². The number of rotatable bonds is 3. The Labute approximate surface area is 120 Å². The van der Waals surface area contributed by atoms with Crippen molar-refractivity contribution in [3.63, 3.8) is 0 Å². The molecule has 2 nitrogen and oxygen atoms in total. The van der Waals surface area contributed by atoms with Crippen LogP contribution in [-0.4, -0.2) is 13.7 Å². The molecule has 1 saturated heterocycles. The summed E-state index contributed by atoms with van der Waals surface area (Å²) in [5, 5.41) is 3.68. The normalized spacial score (nSPS) is 22.4. The summed E-state index contributed by atoms with van der Waals surface area (Å²) in [6, 6.07) is 19.7. The third-order valence-corrected chi connectivity index (χ3v) is 4.16. The van der Waals surface area contributed by atoms with Crippen LogP contribution >= 0.6 is 0 Å². The molecule has 0 bridgehead atoms. The van der Waals surface area contributed by atoms with Gasteiger partial charge in [0.1, 0.15) is 5.75 Å². The Morgan fingerprint density at radius 3 is 2.40 bits per heavy atom. The number of nitrogens with one attached hydrogen (secondary N) is 1. The van der Waals surface area contributed by atoms with Crippen molar-refractivity contribution in [1.82, 2.24) is 5.32 Å². The number of hydrogen-bond donors (Lipinski definition) is 1. The van der Waals surface area contributed by atoms with Gasteiger partial charge in [0.25, 0.3) is 0 Å². The average Bonchev–Trinajstić information content (AvgIpc) is 2.56. The van der Waals surface area contributed by atoms with E-state index in [1.165, 1.54) is 24.0 Å². The fraction of sp³-hybridized carbons (Fsp3) is 0.333. The molecule has 1 heterocycles. The van der Waals surface area contributed by atoms with Gasteiger partial charge in [0, 0.05) is 12.0 Å². The first-order valence-electron chi connectivity index (χ1n) is 7.31. The summed E-state index contributed by atoms with van der Waals surface area (Å²) in [4.78, 5) is 0. The Hall–Kier alpha value is -1.80. The molecule has 0 aromatic heterocycles. The van der Waals surface area contributed by atoms with Gasteiger partial charge in [0.15, 0.2) is 0 Å². The van der Waals surface area contributed by atoms with Crippen molar-refractivity contribution in [2.24, 2.45) is 0 Å². The lowest BCUT2D eigenvalue weighted by atomic mass is 9.81. The summed E-state index contributed by atoms with van der Waals surface area (Å²) in [6.07, 6.45) is 2.49. The lowest BCUT2D eigenvalue weighted by Gasteiger charge is -2.33. The van der Waals surface area contributed by atoms with Gasteiger partial charge in [-0.15, -0.1) is 0 Å². The van der Waals surface area contributed by atoms with Crippen LogP contribution in [0.1, 0.15) is 35.9 Å². The van der Waals surface area contributed by atoms with Crippen LogP contribution in [0.4, 0.5) is 0 Å². The molecule has 1 aliphatic rings. The Bertz CT molecular complexity index is 535. The van der Waals surface area contributed by atoms with Crippen molar-refractivity contribution in [3.8, 4) is 5.75 Å². The smallest absolute Gasteiger partial charge is 0.118 e. The second-order valence-corrected chi connectivity index (χ2v) is 5.36. The number of methoxy groups -OCH3 is 1. The molecule has 0 aliphatic carbocycles. The van der Waals surface area contributed by atoms with E-state index in [1.807, 2.05) is 12.1 Å². The third kappa shape index (κ3) is 2.70. The summed E-state index contributed by atoms with van der Waals surface area (Å²) in [6.45, 7) is 1.10. The van der Waals surface area contributed by atoms with E-state index in [0.29, 0.717) is 12.0 Å². The lowest BCUT2D eigenvalue weighted by Crippen LogP contribution is -2.32. The number of piperidine rings is 1. The fourth-order valence-corrected chi connectivity index (χ4v) is 3.11. The second-order valence-electron chi connectivity index (χ2n) is 5.36. The van der Waals surface area contributed by atoms with Crippen LogP contribution in [0.15, 0.2) is 54.6 Å². The molecule has 0 spiro atoms. The Morgan fingerprint density at radius 1 is 0.950 bits per heavy atom. The van der Waals surface area contributed by atoms with Crippen LogP contribution < -0.4 is 10.1 Å². The van der Waals surface area contributed by atoms with Crippen LogP contribution in [0, 0.1) is 0 Å². The zero-order chi connectivity index (χ0) is 13.8. The van der Waals surface area contributed by atoms with E-state index in [1.54, 1.807) is 7.11 Å². The minimum atomic E-state index is 0.400. The van der Waals surface area contributed by atoms with Crippen molar-refractivity contribution in [1.29, 1.82) is 0 Å². The molecular weight excluding hydrogens is 246 g/mol. The lowest BCUT2D eigenvalue weighted by molar-refractivity contribution is 0.358. The first kappa shape index (κ1) is 13.2. The highest BCUT2D eigenvalue weighted by molar-refractivity contribution is 5.33. The highest BCUT2D eigenvalue weighted by Gasteiger charge is 2.27. The predicted octanol–water partition coefficient (Wildman–Crippen LogP) is 3.90. The maximum atomic E-state index is 5.25. The van der Waals surface area contributed by atoms with Crippen LogP contribution in [0.3, 0.4) is 0 Å². The highest BCUT2D eigenvalue weighted by Crippen LogP contribution is 2.37. The molecule has 2 heteroatoms. The zero-order valence-corrected chi connectivity index (χ0v) is 11.9. The molecule has 3 rings (SSSR count). The molecule has 1 N–H and O–H groups in total. The van der Waals surface area contributed by atoms with Crippen LogP contribution in [-0.2, 0) is 0 Å². The van der Waals surface area contributed by atoms with E-state index in [9.17, 15) is 0 Å². The van der Waals surface area contributed by atoms with E-state index in [4.69, 9.17) is 4.74 Å². The molecule has 104 valence electrons. The predicted molar refractivity (Wildman–Crippen MR) is 82.2 cm³/mol. The maximum Gasteiger partial charge on any atom is 0.118 e. The van der Waals surface area contributed by atoms with Gasteiger partial charge in [-0.25, -0.2) is 0 Å². The van der Waals surface area contributed by atoms with Crippen molar-refractivity contribution < 1.29 is 4.74 Å². The van der Waals surface area contributed by atoms with Crippen molar-refractivity contribution in [3.05, 3.63) is 65.7 Å². The van der Waals surface area contributed by atoms with Gasteiger partial charge in [-0.05, 0) is 42.6 Å². The monoisotopic (exact) mass is 267 g/mol. The molecule has 1 aliphatic heterocycles. The highest BCUT2D eigenvalue weighted by atomic mass is 16.5. The molecule has 0 radical (unpaired) electrons. The number of hydrogen-bond acceptors (Lipinski definition) is 2. The summed E-state index contributed by atoms with van der Waals surface area (Å²) < 4.78 is 5.25. The SMILES string of the molecule is COc1ccc([C@H]2NCCC[C@H]2c2ccccc2)cc1. The van der Waals surface area contributed by atoms with Crippen molar-refractivity contribution in [2.75, 3.05) is 13.7 Å². The van der Waals surface area contributed by atoms with Gasteiger partial charge in [-0.3, -0.25) is 0 Å². The first-order chi connectivity index (χ1) is 9.88. The molecule has 20 heavy (non-hydrogen) atoms. The summed E-state index contributed by atoms with van der Waals surface area (Å²) in [7, 11) is 1.71. The minimum absolute atomic E-state index is 0.400. The minimum Gasteiger partial charge on any atom is -0.497 e. The molecule has 2 atom stereocenters. The van der Waals surface area contributed by atoms with E-state index in [0.717, 1.165) is 12.3 Å². The van der Waals surface area contributed by atoms with E-state index >= 15 is 0 Å². The molecule has 0 saturated carbocycles. The van der Waals surface area contributed by atoms with E-state index in [2.05, 4.69) is 47.8 Å². The molecule has 0 unspecified atom stereocenters. The third-order valence-electron chi connectivity index (χ3n) is 4.16. The number of benzene rings is 2. The van der Waals surface area contributed by atoms with Gasteiger partial charge in [0.2, 0.25) is 0 Å². The fourth-order valence-electron chi connectivity index (χ4n) is 3.11. The van der Waals surface area contributed by atoms with Gasteiger partial charge < -0.3 is 10.1 Å². The Morgan fingerprint density at radius 2 is 1.70 bits per heavy atom. The van der Waals surface area contributed by atoms with Crippen molar-refractivity contribution in [2.45, 2.75) is 24.8 Å². The standard InChI is InChI=1S/C18H21NO/c1-20-16-11-9-15(10-12-16)18-17(8-5-13-19-18)14-6-3-2-4-7-14/h2-4,6-7,9-12,17-19H,5,8,13H2,1H3/t17-,18+/m0/s1. The summed E-state index contributed by atoms with van der Waals surface area (Å²) in [5.41, 5.74) is 2.78. The molecule has 1 fully saturated rings. The Kier molecular flexibility index (Phi) is 4.03. The summed E-state index contributed by atoms with van der Waals surface area (Å²) in [5.74, 6) is 1.47. The van der Waals surface area contributed by atoms with Crippen LogP contribution in [0.5, 0.6) is 5.75 Å². The zero-order valence-electron chi connectivity index (χ0n) is 11.9. The average molecular weight is 267 g/mol. The largest absolute Gasteiger partial charge is 0.497 e. The van der Waals surface area contributed by atoms with Gasteiger partial charge in [0.05, 0.1) is 7.11 Å². The summed E-state index contributed by atoms with van der Waals surface area (Å²) >= 11 is 0. The number of ether oxygens (including phenoxy) is 1. The van der Waals surface area contributed by atoms with Crippen molar-refractivity contribution >= 4 is 0 Å². The second kappa shape index (κ2) is 6.10. The molecule has 2 aromatic rings. The van der Waals surface area contributed by atoms with Crippen LogP contribution in [0.2, 0.25) is 0 Å². The topological polar surface area (TPSA) is 21.3 Å². The van der Waals surface area contributed by atoms with Gasteiger partial charge >= 0.3 is 0 Å². The maximum absolute atomic E-state index is 5.25. The van der Waals surface area contributed by atoms with E-state index in [-0.39, 0.29) is 0 Å². The van der Waals surface area contributed by atoms with Gasteiger partial charge in [-0.1, -0.05) is 42.5 Å². The Balaban J connectivity index is 1.88. The van der Waals surface area contributed by atoms with E-state index < -0.39 is 0 Å². The molecule has 0 amide bonds. The molecule has 2 aromatic carbocycles. The molecular formula is C18H21NO. The quantitative estimate of drug-likeness (QED) is 0.910. The first-order valence-corrected chi connectivity index (χ1v) is 7.31. The van der Waals surface area contributed by atoms with Crippen LogP contribution in [0.25, 0.3) is 0 Å².